The minimum absolute atomic E-state index is 0.386. The molecule has 3 nitrogen and oxygen atoms in total. The lowest BCUT2D eigenvalue weighted by Crippen LogP contribution is -2.41. The maximum absolute atomic E-state index is 11.5. The lowest BCUT2D eigenvalue weighted by Gasteiger charge is -2.29. The van der Waals surface area contributed by atoms with Crippen LogP contribution in [0.4, 0.5) is 5.69 Å². The largest absolute Gasteiger partial charge is 0.480 e. The second-order valence-corrected chi connectivity index (χ2v) is 5.76. The van der Waals surface area contributed by atoms with Crippen LogP contribution in [0.1, 0.15) is 45.1 Å². The summed E-state index contributed by atoms with van der Waals surface area (Å²) in [6, 6.07) is 7.73. The Morgan fingerprint density at radius 1 is 1.40 bits per heavy atom. The lowest BCUT2D eigenvalue weighted by molar-refractivity contribution is -0.138. The van der Waals surface area contributed by atoms with Crippen molar-refractivity contribution >= 4 is 11.7 Å². The molecular weight excluding hydrogens is 250 g/mol. The highest BCUT2D eigenvalue weighted by Crippen LogP contribution is 2.33. The molecule has 1 N–H and O–H groups in total. The van der Waals surface area contributed by atoms with E-state index in [1.165, 1.54) is 24.8 Å². The second kappa shape index (κ2) is 6.78. The van der Waals surface area contributed by atoms with Crippen LogP contribution >= 0.6 is 0 Å². The van der Waals surface area contributed by atoms with E-state index in [0.717, 1.165) is 18.7 Å². The van der Waals surface area contributed by atoms with E-state index in [-0.39, 0.29) is 6.04 Å². The van der Waals surface area contributed by atoms with Gasteiger partial charge in [-0.25, -0.2) is 4.79 Å². The van der Waals surface area contributed by atoms with E-state index in [9.17, 15) is 9.90 Å². The van der Waals surface area contributed by atoms with Gasteiger partial charge in [0.05, 0.1) is 0 Å². The third-order valence-electron chi connectivity index (χ3n) is 4.37. The average Bonchev–Trinajstić information content (AvgIpc) is 2.82. The number of carboxylic acids is 1. The first-order valence-corrected chi connectivity index (χ1v) is 7.74. The number of rotatable bonds is 7. The van der Waals surface area contributed by atoms with Gasteiger partial charge in [0.15, 0.2) is 0 Å². The van der Waals surface area contributed by atoms with Gasteiger partial charge in [-0.2, -0.15) is 0 Å². The Balaban J connectivity index is 2.15. The van der Waals surface area contributed by atoms with Crippen molar-refractivity contribution in [2.45, 2.75) is 52.0 Å². The topological polar surface area (TPSA) is 40.5 Å². The molecule has 1 aliphatic rings. The number of benzene rings is 1. The van der Waals surface area contributed by atoms with E-state index in [4.69, 9.17) is 0 Å². The van der Waals surface area contributed by atoms with Crippen LogP contribution in [0.5, 0.6) is 0 Å². The van der Waals surface area contributed by atoms with E-state index >= 15 is 0 Å². The van der Waals surface area contributed by atoms with Crippen molar-refractivity contribution in [1.29, 1.82) is 0 Å². The number of anilines is 1. The predicted octanol–water partition coefficient (Wildman–Crippen LogP) is 3.72. The Labute approximate surface area is 121 Å². The SMILES string of the molecule is CCCCC(CC)CN1c2ccccc2CC1C(=O)O. The zero-order chi connectivity index (χ0) is 14.5. The van der Waals surface area contributed by atoms with E-state index < -0.39 is 5.97 Å². The van der Waals surface area contributed by atoms with Crippen LogP contribution in [0.2, 0.25) is 0 Å². The fraction of sp³-hybridized carbons (Fsp3) is 0.588. The smallest absolute Gasteiger partial charge is 0.326 e. The van der Waals surface area contributed by atoms with Gasteiger partial charge >= 0.3 is 5.97 Å². The molecule has 0 spiro atoms. The summed E-state index contributed by atoms with van der Waals surface area (Å²) < 4.78 is 0. The van der Waals surface area contributed by atoms with Gasteiger partial charge in [0.2, 0.25) is 0 Å². The van der Waals surface area contributed by atoms with Crippen molar-refractivity contribution in [3.63, 3.8) is 0 Å². The van der Waals surface area contributed by atoms with Crippen LogP contribution in [0.25, 0.3) is 0 Å². The second-order valence-electron chi connectivity index (χ2n) is 5.76. The fourth-order valence-electron chi connectivity index (χ4n) is 3.09. The molecule has 0 aromatic heterocycles. The molecule has 110 valence electrons. The van der Waals surface area contributed by atoms with Gasteiger partial charge in [-0.05, 0) is 24.0 Å². The summed E-state index contributed by atoms with van der Waals surface area (Å²) in [7, 11) is 0. The number of para-hydroxylation sites is 1. The Hall–Kier alpha value is -1.51. The number of fused-ring (bicyclic) bond motifs is 1. The maximum atomic E-state index is 11.5. The number of hydrogen-bond donors (Lipinski definition) is 1. The fourth-order valence-corrected chi connectivity index (χ4v) is 3.09. The molecule has 1 aliphatic heterocycles. The van der Waals surface area contributed by atoms with Gasteiger partial charge in [-0.1, -0.05) is 51.3 Å². The maximum Gasteiger partial charge on any atom is 0.326 e. The summed E-state index contributed by atoms with van der Waals surface area (Å²) in [5.74, 6) is -0.116. The molecule has 1 heterocycles. The first-order valence-electron chi connectivity index (χ1n) is 7.74. The molecule has 0 radical (unpaired) electrons. The first kappa shape index (κ1) is 14.9. The molecule has 2 atom stereocenters. The van der Waals surface area contributed by atoms with E-state index in [1.54, 1.807) is 0 Å². The van der Waals surface area contributed by atoms with Crippen molar-refractivity contribution in [3.8, 4) is 0 Å². The van der Waals surface area contributed by atoms with Gasteiger partial charge < -0.3 is 10.0 Å². The van der Waals surface area contributed by atoms with E-state index in [2.05, 4.69) is 30.9 Å². The molecule has 0 saturated heterocycles. The zero-order valence-electron chi connectivity index (χ0n) is 12.5. The van der Waals surface area contributed by atoms with Gasteiger partial charge in [-0.3, -0.25) is 0 Å². The van der Waals surface area contributed by atoms with Crippen LogP contribution in [0.15, 0.2) is 24.3 Å². The zero-order valence-corrected chi connectivity index (χ0v) is 12.5. The summed E-state index contributed by atoms with van der Waals surface area (Å²) in [5, 5.41) is 9.48. The molecule has 1 aromatic carbocycles. The number of unbranched alkanes of at least 4 members (excludes halogenated alkanes) is 1. The predicted molar refractivity (Wildman–Crippen MR) is 82.2 cm³/mol. The third-order valence-corrected chi connectivity index (χ3v) is 4.37. The Bertz CT molecular complexity index is 458. The number of hydrogen-bond acceptors (Lipinski definition) is 2. The standard InChI is InChI=1S/C17H25NO2/c1-3-5-8-13(4-2)12-18-15-10-7-6-9-14(15)11-16(18)17(19)20/h6-7,9-10,13,16H,3-5,8,11-12H2,1-2H3,(H,19,20). The summed E-state index contributed by atoms with van der Waals surface area (Å²) in [4.78, 5) is 13.6. The van der Waals surface area contributed by atoms with Crippen LogP contribution in [0, 0.1) is 5.92 Å². The van der Waals surface area contributed by atoms with Crippen molar-refractivity contribution < 1.29 is 9.90 Å². The van der Waals surface area contributed by atoms with Crippen molar-refractivity contribution in [3.05, 3.63) is 29.8 Å². The van der Waals surface area contributed by atoms with Crippen LogP contribution in [-0.4, -0.2) is 23.7 Å². The summed E-state index contributed by atoms with van der Waals surface area (Å²) >= 11 is 0. The van der Waals surface area contributed by atoms with Gasteiger partial charge in [0, 0.05) is 18.7 Å². The molecule has 0 fully saturated rings. The normalized spacial score (nSPS) is 18.9. The molecule has 2 rings (SSSR count). The number of nitrogens with zero attached hydrogens (tertiary/aromatic N) is 1. The third kappa shape index (κ3) is 3.14. The highest BCUT2D eigenvalue weighted by Gasteiger charge is 2.34. The first-order chi connectivity index (χ1) is 9.67. The Morgan fingerprint density at radius 3 is 2.80 bits per heavy atom. The highest BCUT2D eigenvalue weighted by atomic mass is 16.4. The molecule has 0 saturated carbocycles. The molecule has 0 aliphatic carbocycles. The van der Waals surface area contributed by atoms with Gasteiger partial charge in [-0.15, -0.1) is 0 Å². The van der Waals surface area contributed by atoms with Crippen molar-refractivity contribution in [2.75, 3.05) is 11.4 Å². The monoisotopic (exact) mass is 275 g/mol. The Morgan fingerprint density at radius 2 is 2.15 bits per heavy atom. The van der Waals surface area contributed by atoms with Crippen LogP contribution < -0.4 is 4.90 Å². The molecule has 20 heavy (non-hydrogen) atoms. The van der Waals surface area contributed by atoms with Crippen molar-refractivity contribution in [2.24, 2.45) is 5.92 Å². The minimum atomic E-state index is -0.702. The lowest BCUT2D eigenvalue weighted by atomic mass is 9.98. The Kier molecular flexibility index (Phi) is 5.05. The quantitative estimate of drug-likeness (QED) is 0.824. The number of carboxylic acid groups (broad SMARTS) is 1. The molecule has 3 heteroatoms. The summed E-state index contributed by atoms with van der Waals surface area (Å²) in [5.41, 5.74) is 2.29. The molecule has 2 unspecified atom stereocenters. The number of aliphatic carboxylic acids is 1. The average molecular weight is 275 g/mol. The van der Waals surface area contributed by atoms with E-state index in [0.29, 0.717) is 12.3 Å². The van der Waals surface area contributed by atoms with Gasteiger partial charge in [0.1, 0.15) is 6.04 Å². The summed E-state index contributed by atoms with van der Waals surface area (Å²) in [6.45, 7) is 5.28. The van der Waals surface area contributed by atoms with Crippen molar-refractivity contribution in [1.82, 2.24) is 0 Å². The molecule has 1 aromatic rings. The molecule has 0 amide bonds. The van der Waals surface area contributed by atoms with Gasteiger partial charge in [0.25, 0.3) is 0 Å². The highest BCUT2D eigenvalue weighted by molar-refractivity contribution is 5.82. The molecule has 0 bridgehead atoms. The minimum Gasteiger partial charge on any atom is -0.480 e. The van der Waals surface area contributed by atoms with Crippen LogP contribution in [-0.2, 0) is 11.2 Å². The summed E-state index contributed by atoms with van der Waals surface area (Å²) in [6.07, 6.45) is 5.37. The molecular formula is C17H25NO2. The van der Waals surface area contributed by atoms with E-state index in [1.807, 2.05) is 12.1 Å². The number of carbonyl (C=O) groups is 1. The van der Waals surface area contributed by atoms with Crippen LogP contribution in [0.3, 0.4) is 0 Å².